The summed E-state index contributed by atoms with van der Waals surface area (Å²) in [7, 11) is 0. The lowest BCUT2D eigenvalue weighted by molar-refractivity contribution is -0.137. The van der Waals surface area contributed by atoms with Gasteiger partial charge in [0.25, 0.3) is 11.5 Å². The van der Waals surface area contributed by atoms with Crippen LogP contribution in [0.4, 0.5) is 8.78 Å². The minimum absolute atomic E-state index is 0.0532. The lowest BCUT2D eigenvalue weighted by Gasteiger charge is -2.34. The fourth-order valence-electron chi connectivity index (χ4n) is 7.95. The number of aromatic amines is 2. The predicted molar refractivity (Wildman–Crippen MR) is 237 cm³/mol. The van der Waals surface area contributed by atoms with E-state index < -0.39 is 11.7 Å². The van der Waals surface area contributed by atoms with Gasteiger partial charge in [-0.1, -0.05) is 67.1 Å². The van der Waals surface area contributed by atoms with Gasteiger partial charge in [-0.2, -0.15) is 5.10 Å². The van der Waals surface area contributed by atoms with Crippen LogP contribution in [0.5, 0.6) is 5.75 Å². The van der Waals surface area contributed by atoms with Crippen molar-refractivity contribution in [3.63, 3.8) is 0 Å². The first-order chi connectivity index (χ1) is 30.2. The third kappa shape index (κ3) is 9.31. The zero-order valence-electron chi connectivity index (χ0n) is 34.1. The summed E-state index contributed by atoms with van der Waals surface area (Å²) < 4.78 is 40.7. The summed E-state index contributed by atoms with van der Waals surface area (Å²) in [6.45, 7) is 3.76. The molecule has 13 heteroatoms. The molecule has 0 bridgehead atoms. The summed E-state index contributed by atoms with van der Waals surface area (Å²) in [6.07, 6.45) is 3.42. The number of allylic oxidation sites excluding steroid dienone is 1. The molecule has 0 unspecified atom stereocenters. The van der Waals surface area contributed by atoms with Gasteiger partial charge in [-0.05, 0) is 106 Å². The number of carbonyl (C=O) groups excluding carboxylic acids is 2. The van der Waals surface area contributed by atoms with Crippen LogP contribution in [-0.4, -0.2) is 82.8 Å². The molecule has 0 radical (unpaired) electrons. The second kappa shape index (κ2) is 19.0. The number of carbonyl (C=O) groups is 2. The summed E-state index contributed by atoms with van der Waals surface area (Å²) >= 11 is 6.59. The van der Waals surface area contributed by atoms with E-state index in [2.05, 4.69) is 34.2 Å². The number of benzene rings is 5. The van der Waals surface area contributed by atoms with E-state index in [1.54, 1.807) is 34.1 Å². The molecule has 3 heterocycles. The molecule has 0 spiro atoms. The number of rotatable bonds is 14. The van der Waals surface area contributed by atoms with Crippen molar-refractivity contribution < 1.29 is 27.8 Å². The minimum atomic E-state index is -0.631. The maximum atomic E-state index is 15.0. The van der Waals surface area contributed by atoms with E-state index in [0.717, 1.165) is 38.7 Å². The number of fused-ring (bicyclic) bond motifs is 2. The number of hydrogen-bond donors (Lipinski definition) is 2. The lowest BCUT2D eigenvalue weighted by atomic mass is 9.87. The van der Waals surface area contributed by atoms with Gasteiger partial charge in [0.05, 0.1) is 34.9 Å². The van der Waals surface area contributed by atoms with Crippen molar-refractivity contribution in [1.82, 2.24) is 25.0 Å². The molecule has 62 heavy (non-hydrogen) atoms. The number of amides is 2. The highest BCUT2D eigenvalue weighted by molar-refractivity contribution is 6.32. The fraction of sp³-hybridized carbons (Fsp3) is 0.224. The molecule has 2 aromatic heterocycles. The molecule has 0 saturated carbocycles. The highest BCUT2D eigenvalue weighted by atomic mass is 35.5. The Balaban J connectivity index is 0.812. The second-order valence-corrected chi connectivity index (χ2v) is 15.5. The maximum absolute atomic E-state index is 15.0. The second-order valence-electron chi connectivity index (χ2n) is 15.1. The topological polar surface area (TPSA) is 121 Å². The van der Waals surface area contributed by atoms with Crippen molar-refractivity contribution in [2.75, 3.05) is 46.0 Å². The molecule has 2 N–H and O–H groups in total. The molecule has 1 aliphatic rings. The van der Waals surface area contributed by atoms with Crippen LogP contribution in [0.3, 0.4) is 0 Å². The normalized spacial score (nSPS) is 13.4. The number of H-pyrrole nitrogens is 2. The van der Waals surface area contributed by atoms with E-state index in [1.165, 1.54) is 24.3 Å². The van der Waals surface area contributed by atoms with Crippen LogP contribution >= 0.6 is 11.6 Å². The Morgan fingerprint density at radius 1 is 0.806 bits per heavy atom. The van der Waals surface area contributed by atoms with Crippen molar-refractivity contribution in [2.24, 2.45) is 0 Å². The van der Waals surface area contributed by atoms with Crippen LogP contribution in [-0.2, 0) is 16.0 Å². The van der Waals surface area contributed by atoms with Gasteiger partial charge in [-0.15, -0.1) is 0 Å². The molecule has 1 fully saturated rings. The number of ether oxygens (including phenoxy) is 2. The molecule has 316 valence electrons. The van der Waals surface area contributed by atoms with E-state index in [1.807, 2.05) is 54.7 Å². The van der Waals surface area contributed by atoms with Gasteiger partial charge in [-0.25, -0.2) is 13.9 Å². The molecule has 0 atom stereocenters. The highest BCUT2D eigenvalue weighted by Crippen LogP contribution is 2.38. The number of aromatic nitrogens is 3. The van der Waals surface area contributed by atoms with Crippen LogP contribution < -0.4 is 10.3 Å². The third-order valence-electron chi connectivity index (χ3n) is 11.2. The van der Waals surface area contributed by atoms with Crippen molar-refractivity contribution in [3.8, 4) is 5.75 Å². The first-order valence-electron chi connectivity index (χ1n) is 20.6. The van der Waals surface area contributed by atoms with Gasteiger partial charge < -0.3 is 24.3 Å². The molecular weight excluding hydrogens is 812 g/mol. The van der Waals surface area contributed by atoms with E-state index in [0.29, 0.717) is 78.4 Å². The quantitative estimate of drug-likeness (QED) is 0.0833. The Labute approximate surface area is 361 Å². The van der Waals surface area contributed by atoms with E-state index >= 15 is 0 Å². The summed E-state index contributed by atoms with van der Waals surface area (Å²) in [5, 5.41) is 9.34. The van der Waals surface area contributed by atoms with Gasteiger partial charge in [0.1, 0.15) is 24.0 Å². The summed E-state index contributed by atoms with van der Waals surface area (Å²) in [6, 6.07) is 32.1. The van der Waals surface area contributed by atoms with Crippen LogP contribution in [0.25, 0.3) is 32.8 Å². The van der Waals surface area contributed by atoms with E-state index in [-0.39, 0.29) is 42.5 Å². The van der Waals surface area contributed by atoms with Gasteiger partial charge >= 0.3 is 0 Å². The Morgan fingerprint density at radius 3 is 2.34 bits per heavy atom. The number of piperazine rings is 1. The Bertz CT molecular complexity index is 2850. The number of nitrogens with one attached hydrogen (secondary N) is 2. The van der Waals surface area contributed by atoms with Gasteiger partial charge in [0, 0.05) is 56.1 Å². The zero-order valence-corrected chi connectivity index (χ0v) is 34.8. The average molecular weight is 856 g/mol. The Kier molecular flexibility index (Phi) is 12.9. The first kappa shape index (κ1) is 42.1. The SMILES string of the molecule is CC/C(=C(/c1ccc(OCCCOCC(=O)N2CCN(C(=O)c3cc(Cc4n[nH]c(=O)c5ccccc45)ccc3F)CC2)cc1)c1ccc2[nH]ccc2c1)c1ccc(F)cc1Cl. The molecule has 1 aliphatic heterocycles. The summed E-state index contributed by atoms with van der Waals surface area (Å²) in [4.78, 5) is 45.1. The standard InChI is InChI=1S/C49H44ClF2N5O5/c1-2-37(38-15-12-35(51)29-42(38)50)47(34-11-17-44-33(28-34)18-19-53-44)32-9-13-36(14-10-32)62-25-5-24-61-30-46(58)56-20-22-57(23-21-56)49(60)41-26-31(8-16-43(41)52)27-45-39-6-3-4-7-40(39)48(59)55-54-45/h3-4,6-19,26,28-29,53H,2,5,20-25,27,30H2,1H3,(H,55,59)/b47-37+. The summed E-state index contributed by atoms with van der Waals surface area (Å²) in [5.41, 5.74) is 6.70. The predicted octanol–water partition coefficient (Wildman–Crippen LogP) is 9.07. The fourth-order valence-corrected chi connectivity index (χ4v) is 8.24. The molecule has 8 rings (SSSR count). The minimum Gasteiger partial charge on any atom is -0.494 e. The maximum Gasteiger partial charge on any atom is 0.272 e. The molecule has 1 saturated heterocycles. The van der Waals surface area contributed by atoms with Gasteiger partial charge in [0.15, 0.2) is 0 Å². The first-order valence-corrected chi connectivity index (χ1v) is 20.9. The van der Waals surface area contributed by atoms with Crippen LogP contribution in [0.1, 0.15) is 58.1 Å². The van der Waals surface area contributed by atoms with Crippen LogP contribution in [0.2, 0.25) is 5.02 Å². The van der Waals surface area contributed by atoms with Gasteiger partial charge in [-0.3, -0.25) is 14.4 Å². The molecule has 2 amide bonds. The monoisotopic (exact) mass is 855 g/mol. The number of hydrogen-bond acceptors (Lipinski definition) is 6. The molecule has 10 nitrogen and oxygen atoms in total. The van der Waals surface area contributed by atoms with Gasteiger partial charge in [0.2, 0.25) is 5.91 Å². The summed E-state index contributed by atoms with van der Waals surface area (Å²) in [5.74, 6) is -0.973. The average Bonchev–Trinajstić information content (AvgIpc) is 3.77. The van der Waals surface area contributed by atoms with E-state index in [9.17, 15) is 23.2 Å². The Morgan fingerprint density at radius 2 is 1.56 bits per heavy atom. The highest BCUT2D eigenvalue weighted by Gasteiger charge is 2.27. The third-order valence-corrected chi connectivity index (χ3v) is 11.5. The molecular formula is C49H44ClF2N5O5. The number of nitrogens with zero attached hydrogens (tertiary/aromatic N) is 3. The van der Waals surface area contributed by atoms with Crippen LogP contribution in [0.15, 0.2) is 120 Å². The Hall–Kier alpha value is -6.63. The zero-order chi connectivity index (χ0) is 43.2. The van der Waals surface area contributed by atoms with Crippen molar-refractivity contribution in [1.29, 1.82) is 0 Å². The molecule has 7 aromatic rings. The van der Waals surface area contributed by atoms with Crippen LogP contribution in [0, 0.1) is 11.6 Å². The molecule has 5 aromatic carbocycles. The van der Waals surface area contributed by atoms with Crippen molar-refractivity contribution >= 4 is 56.2 Å². The number of halogens is 3. The lowest BCUT2D eigenvalue weighted by Crippen LogP contribution is -2.51. The largest absolute Gasteiger partial charge is 0.494 e. The van der Waals surface area contributed by atoms with E-state index in [4.69, 9.17) is 21.1 Å². The molecule has 0 aliphatic carbocycles. The van der Waals surface area contributed by atoms with Crippen molar-refractivity contribution in [3.05, 3.63) is 176 Å². The smallest absolute Gasteiger partial charge is 0.272 e. The van der Waals surface area contributed by atoms with Crippen molar-refractivity contribution in [2.45, 2.75) is 26.2 Å².